The second-order valence-electron chi connectivity index (χ2n) is 15.4. The lowest BCUT2D eigenvalue weighted by atomic mass is 9.68. The number of esters is 1. The minimum atomic E-state index is -3.85. The van der Waals surface area contributed by atoms with Crippen molar-refractivity contribution in [1.29, 1.82) is 0 Å². The summed E-state index contributed by atoms with van der Waals surface area (Å²) in [5, 5.41) is 4.83. The van der Waals surface area contributed by atoms with Crippen LogP contribution in [0.5, 0.6) is 11.6 Å². The topological polar surface area (TPSA) is 151 Å². The molecule has 15 heteroatoms. The smallest absolute Gasteiger partial charge is 0.303 e. The number of carbonyl (C=O) groups is 3. The molecule has 2 aromatic carbocycles. The van der Waals surface area contributed by atoms with E-state index in [0.29, 0.717) is 35.8 Å². The SMILES string of the molecule is C=C[C@H](OC(C)=O)[C@H](C)CS(=O)(=NC(=O)c1ccc2c(c1)N(C[C@@H]1CC[C@H]1[C@H](C)OC)C[C@@]1(CCCc3cc(Cl)ccc31)CO2)NC(=O)c1cn(C)nc1OC. The quantitative estimate of drug-likeness (QED) is 0.153. The molecule has 1 aromatic heterocycles. The molecule has 3 aliphatic rings. The maximum atomic E-state index is 14.7. The monoisotopic (exact) mass is 809 g/mol. The summed E-state index contributed by atoms with van der Waals surface area (Å²) < 4.78 is 45.9. The van der Waals surface area contributed by atoms with Crippen LogP contribution in [0, 0.1) is 17.8 Å². The van der Waals surface area contributed by atoms with Crippen molar-refractivity contribution < 1.29 is 37.5 Å². The third-order valence-corrected chi connectivity index (χ3v) is 13.7. The number of anilines is 1. The molecule has 2 amide bonds. The van der Waals surface area contributed by atoms with Gasteiger partial charge < -0.3 is 23.8 Å². The molecule has 0 radical (unpaired) electrons. The van der Waals surface area contributed by atoms with E-state index < -0.39 is 39.7 Å². The van der Waals surface area contributed by atoms with E-state index in [1.165, 1.54) is 42.1 Å². The Morgan fingerprint density at radius 1 is 1.20 bits per heavy atom. The molecule has 1 N–H and O–H groups in total. The molecule has 0 bridgehead atoms. The lowest BCUT2D eigenvalue weighted by Crippen LogP contribution is -2.49. The van der Waals surface area contributed by atoms with Crippen LogP contribution in [-0.4, -0.2) is 83.6 Å². The van der Waals surface area contributed by atoms with Crippen molar-refractivity contribution in [2.75, 3.05) is 44.6 Å². The highest BCUT2D eigenvalue weighted by Crippen LogP contribution is 2.47. The number of benzene rings is 2. The zero-order valence-electron chi connectivity index (χ0n) is 32.9. The average Bonchev–Trinajstić information content (AvgIpc) is 3.47. The number of hydrogen-bond acceptors (Lipinski definition) is 10. The molecule has 1 spiro atoms. The standard InChI is InChI=1S/C41H52ClN5O8S/c1-8-36(55-27(4)48)25(2)22-56(51,45-39(50)33-21-46(5)43-40(33)53-7)44-38(49)29-12-16-37-35(19-29)47(20-30-11-14-32(30)26(3)52-6)23-41(24-54-37)17-9-10-28-18-31(42)13-15-34(28)41/h8,12-13,15-16,18-19,21,25-26,30,32,36H,1,9-11,14,17,20,22-24H2,2-7H3,(H,44,45,49,50,51)/t25-,26+,30+,32+,36+,41+,56?/m1/s1. The first-order chi connectivity index (χ1) is 26.7. The molecule has 3 aromatic rings. The second kappa shape index (κ2) is 17.0. The largest absolute Gasteiger partial charge is 0.490 e. The van der Waals surface area contributed by atoms with Crippen molar-refractivity contribution in [3.63, 3.8) is 0 Å². The van der Waals surface area contributed by atoms with Gasteiger partial charge in [0.15, 0.2) is 0 Å². The van der Waals surface area contributed by atoms with Gasteiger partial charge in [-0.25, -0.2) is 4.21 Å². The lowest BCUT2D eigenvalue weighted by molar-refractivity contribution is -0.145. The number of rotatable bonds is 13. The van der Waals surface area contributed by atoms with Gasteiger partial charge in [-0.2, -0.15) is 0 Å². The molecule has 1 fully saturated rings. The maximum absolute atomic E-state index is 14.7. The Hall–Kier alpha value is -4.40. The summed E-state index contributed by atoms with van der Waals surface area (Å²) in [6.45, 7) is 10.6. The van der Waals surface area contributed by atoms with Gasteiger partial charge in [-0.3, -0.25) is 23.8 Å². The van der Waals surface area contributed by atoms with Gasteiger partial charge in [-0.1, -0.05) is 37.2 Å². The van der Waals surface area contributed by atoms with E-state index in [1.54, 1.807) is 39.3 Å². The summed E-state index contributed by atoms with van der Waals surface area (Å²) in [6.07, 6.45) is 7.06. The number of carbonyl (C=O) groups excluding carboxylic acids is 3. The number of aromatic nitrogens is 2. The highest BCUT2D eigenvalue weighted by atomic mass is 35.5. The number of ether oxygens (including phenoxy) is 4. The summed E-state index contributed by atoms with van der Waals surface area (Å²) in [5.74, 6) is -1.74. The van der Waals surface area contributed by atoms with Gasteiger partial charge in [0.05, 0.1) is 31.3 Å². The summed E-state index contributed by atoms with van der Waals surface area (Å²) in [7, 11) is 0.869. The molecular formula is C41H52ClN5O8S. The van der Waals surface area contributed by atoms with Crippen LogP contribution >= 0.6 is 11.6 Å². The molecule has 2 heterocycles. The van der Waals surface area contributed by atoms with Gasteiger partial charge in [-0.15, -0.1) is 9.46 Å². The van der Waals surface area contributed by atoms with Gasteiger partial charge in [0, 0.05) is 62.3 Å². The lowest BCUT2D eigenvalue weighted by Gasteiger charge is -2.45. The summed E-state index contributed by atoms with van der Waals surface area (Å²) in [4.78, 5) is 42.0. The van der Waals surface area contributed by atoms with E-state index in [9.17, 15) is 18.6 Å². The van der Waals surface area contributed by atoms with E-state index in [2.05, 4.69) is 44.7 Å². The molecule has 1 aliphatic heterocycles. The first kappa shape index (κ1) is 41.2. The Morgan fingerprint density at radius 2 is 1.98 bits per heavy atom. The third kappa shape index (κ3) is 8.77. The predicted octanol–water partition coefficient (Wildman–Crippen LogP) is 6.32. The fraction of sp³-hybridized carbons (Fsp3) is 0.512. The van der Waals surface area contributed by atoms with Crippen LogP contribution in [0.25, 0.3) is 0 Å². The molecule has 302 valence electrons. The van der Waals surface area contributed by atoms with Crippen LogP contribution in [0.3, 0.4) is 0 Å². The summed E-state index contributed by atoms with van der Waals surface area (Å²) in [5.41, 5.74) is 3.06. The van der Waals surface area contributed by atoms with E-state index in [0.717, 1.165) is 44.3 Å². The molecule has 2 aliphatic carbocycles. The summed E-state index contributed by atoms with van der Waals surface area (Å²) >= 11 is 6.46. The average molecular weight is 810 g/mol. The number of methoxy groups -OCH3 is 2. The van der Waals surface area contributed by atoms with Crippen molar-refractivity contribution in [2.45, 2.75) is 70.5 Å². The van der Waals surface area contributed by atoms with E-state index in [-0.39, 0.29) is 34.3 Å². The Labute approximate surface area is 334 Å². The Morgan fingerprint density at radius 3 is 2.66 bits per heavy atom. The van der Waals surface area contributed by atoms with Gasteiger partial charge >= 0.3 is 5.97 Å². The Bertz CT molecular complexity index is 2110. The molecule has 0 saturated heterocycles. The number of halogens is 1. The number of fused-ring (bicyclic) bond motifs is 3. The molecule has 56 heavy (non-hydrogen) atoms. The van der Waals surface area contributed by atoms with Crippen LogP contribution < -0.4 is 19.1 Å². The normalized spacial score (nSPS) is 22.7. The zero-order valence-corrected chi connectivity index (χ0v) is 34.5. The maximum Gasteiger partial charge on any atom is 0.303 e. The Kier molecular flexibility index (Phi) is 12.5. The fourth-order valence-electron chi connectivity index (χ4n) is 8.45. The first-order valence-corrected chi connectivity index (χ1v) is 21.1. The van der Waals surface area contributed by atoms with Crippen molar-refractivity contribution in [1.82, 2.24) is 14.5 Å². The zero-order chi connectivity index (χ0) is 40.4. The number of nitrogens with zero attached hydrogens (tertiary/aromatic N) is 4. The molecule has 1 saturated carbocycles. The van der Waals surface area contributed by atoms with E-state index in [4.69, 9.17) is 30.5 Å². The highest BCUT2D eigenvalue weighted by Gasteiger charge is 2.44. The van der Waals surface area contributed by atoms with Crippen LogP contribution in [0.15, 0.2) is 59.6 Å². The van der Waals surface area contributed by atoms with Crippen LogP contribution in [-0.2, 0) is 43.1 Å². The van der Waals surface area contributed by atoms with Crippen molar-refractivity contribution in [3.8, 4) is 11.6 Å². The number of amides is 2. The van der Waals surface area contributed by atoms with Crippen LogP contribution in [0.1, 0.15) is 78.3 Å². The highest BCUT2D eigenvalue weighted by molar-refractivity contribution is 7.92. The number of hydrogen-bond donors (Lipinski definition) is 1. The first-order valence-electron chi connectivity index (χ1n) is 19.0. The molecular weight excluding hydrogens is 758 g/mol. The van der Waals surface area contributed by atoms with Crippen molar-refractivity contribution in [3.05, 3.63) is 82.5 Å². The van der Waals surface area contributed by atoms with Gasteiger partial charge in [0.2, 0.25) is 5.88 Å². The van der Waals surface area contributed by atoms with E-state index in [1.807, 2.05) is 6.07 Å². The molecule has 7 atom stereocenters. The van der Waals surface area contributed by atoms with Crippen molar-refractivity contribution >= 4 is 45.0 Å². The molecule has 1 unspecified atom stereocenters. The van der Waals surface area contributed by atoms with Gasteiger partial charge in [-0.05, 0) is 92.3 Å². The Balaban J connectivity index is 1.38. The minimum absolute atomic E-state index is 0.00804. The van der Waals surface area contributed by atoms with Crippen LogP contribution in [0.4, 0.5) is 5.69 Å². The van der Waals surface area contributed by atoms with Crippen LogP contribution in [0.2, 0.25) is 5.02 Å². The molecule has 13 nitrogen and oxygen atoms in total. The van der Waals surface area contributed by atoms with Gasteiger partial charge in [0.25, 0.3) is 11.8 Å². The minimum Gasteiger partial charge on any atom is -0.490 e. The number of nitrogens with one attached hydrogen (secondary N) is 1. The third-order valence-electron chi connectivity index (χ3n) is 11.5. The predicted molar refractivity (Wildman–Crippen MR) is 215 cm³/mol. The molecule has 6 rings (SSSR count). The van der Waals surface area contributed by atoms with E-state index >= 15 is 0 Å². The number of aryl methyl sites for hydroxylation is 2. The summed E-state index contributed by atoms with van der Waals surface area (Å²) in [6, 6.07) is 11.3. The fourth-order valence-corrected chi connectivity index (χ4v) is 10.5. The van der Waals surface area contributed by atoms with Gasteiger partial charge in [0.1, 0.15) is 27.3 Å². The second-order valence-corrected chi connectivity index (χ2v) is 17.8. The van der Waals surface area contributed by atoms with Crippen molar-refractivity contribution in [2.24, 2.45) is 29.2 Å².